The molecule has 4 saturated heterocycles. The molecule has 436 valence electrons. The number of rotatable bonds is 17. The Morgan fingerprint density at radius 2 is 1.53 bits per heavy atom. The van der Waals surface area contributed by atoms with Gasteiger partial charge in [0.05, 0.1) is 53.7 Å². The number of cyclic esters (lactones) is 1. The molecular weight excluding hydrogens is 1030 g/mol. The number of nitrogens with zero attached hydrogens (tertiary/aromatic N) is 5. The van der Waals surface area contributed by atoms with Gasteiger partial charge in [0.15, 0.2) is 24.3 Å². The number of ether oxygens (including phenoxy) is 9. The molecule has 1 N–H and O–H groups in total. The van der Waals surface area contributed by atoms with Crippen LogP contribution in [0.3, 0.4) is 0 Å². The Balaban J connectivity index is 1.22. The Morgan fingerprint density at radius 1 is 0.848 bits per heavy atom. The lowest BCUT2D eigenvalue weighted by Gasteiger charge is -2.50. The van der Waals surface area contributed by atoms with Crippen molar-refractivity contribution in [2.75, 3.05) is 34.9 Å². The van der Waals surface area contributed by atoms with Gasteiger partial charge in [-0.15, -0.1) is 5.10 Å². The summed E-state index contributed by atoms with van der Waals surface area (Å²) in [5.41, 5.74) is -1.80. The number of esters is 2. The van der Waals surface area contributed by atoms with Crippen LogP contribution in [0.2, 0.25) is 0 Å². The van der Waals surface area contributed by atoms with E-state index in [0.29, 0.717) is 39.0 Å². The van der Waals surface area contributed by atoms with Crippen molar-refractivity contribution in [2.24, 2.45) is 29.6 Å². The smallest absolute Gasteiger partial charge is 0.410 e. The number of fused-ring (bicyclic) bond motifs is 1. The lowest BCUT2D eigenvalue weighted by molar-refractivity contribution is -0.313. The number of hydrogen-bond donors (Lipinski definition) is 1. The van der Waals surface area contributed by atoms with Crippen LogP contribution in [0, 0.1) is 34.8 Å². The third-order valence-electron chi connectivity index (χ3n) is 17.5. The second kappa shape index (κ2) is 26.0. The second-order valence-electron chi connectivity index (χ2n) is 23.5. The predicted octanol–water partition coefficient (Wildman–Crippen LogP) is 9.12. The van der Waals surface area contributed by atoms with Gasteiger partial charge in [0.1, 0.15) is 23.2 Å². The first-order chi connectivity index (χ1) is 37.4. The highest BCUT2D eigenvalue weighted by Gasteiger charge is 2.61. The zero-order valence-electron chi connectivity index (χ0n) is 49.1. The number of nitrogens with one attached hydrogen (secondary N) is 1. The quantitative estimate of drug-likeness (QED) is 0.0578. The van der Waals surface area contributed by atoms with Crippen LogP contribution < -0.4 is 5.30 Å². The molecule has 0 aliphatic carbocycles. The highest BCUT2D eigenvalue weighted by atomic mass is 31.1. The Labute approximate surface area is 469 Å². The van der Waals surface area contributed by atoms with Crippen LogP contribution in [0.1, 0.15) is 125 Å². The van der Waals surface area contributed by atoms with Gasteiger partial charge in [-0.1, -0.05) is 70.2 Å². The number of carbonyl (C=O) groups is 4. The average molecular weight is 1120 g/mol. The van der Waals surface area contributed by atoms with E-state index < -0.39 is 108 Å². The number of ketones is 1. The molecule has 1 amide bonds. The van der Waals surface area contributed by atoms with Gasteiger partial charge in [0, 0.05) is 82.7 Å². The summed E-state index contributed by atoms with van der Waals surface area (Å²) in [7, 11) is 7.67. The van der Waals surface area contributed by atoms with E-state index in [0.717, 1.165) is 17.3 Å². The summed E-state index contributed by atoms with van der Waals surface area (Å²) in [4.78, 5) is 62.2. The number of methoxy groups -OCH3 is 2. The van der Waals surface area contributed by atoms with Gasteiger partial charge < -0.3 is 52.4 Å². The van der Waals surface area contributed by atoms with Crippen molar-refractivity contribution in [3.8, 4) is 11.3 Å². The highest BCUT2D eigenvalue weighted by Crippen LogP contribution is 2.45. The summed E-state index contributed by atoms with van der Waals surface area (Å²) < 4.78 is 61.4. The molecule has 3 aromatic rings. The Bertz CT molecular complexity index is 2570. The highest BCUT2D eigenvalue weighted by molar-refractivity contribution is 7.35. The van der Waals surface area contributed by atoms with Crippen LogP contribution >= 0.6 is 8.37 Å². The van der Waals surface area contributed by atoms with Crippen molar-refractivity contribution in [1.29, 1.82) is 5.16 Å². The molecule has 2 aromatic carbocycles. The maximum atomic E-state index is 15.3. The number of benzene rings is 2. The molecule has 4 fully saturated rings. The van der Waals surface area contributed by atoms with E-state index in [-0.39, 0.29) is 49.7 Å². The van der Waals surface area contributed by atoms with Crippen LogP contribution in [-0.2, 0) is 58.8 Å². The lowest BCUT2D eigenvalue weighted by atomic mass is 9.73. The fourth-order valence-electron chi connectivity index (χ4n) is 13.0. The van der Waals surface area contributed by atoms with E-state index in [1.165, 1.54) is 0 Å². The summed E-state index contributed by atoms with van der Waals surface area (Å²) in [6.45, 7) is 21.6. The van der Waals surface area contributed by atoms with Crippen molar-refractivity contribution in [2.45, 2.75) is 199 Å². The molecule has 20 heteroatoms. The zero-order chi connectivity index (χ0) is 57.7. The molecule has 18 atom stereocenters. The van der Waals surface area contributed by atoms with Crippen LogP contribution in [0.5, 0.6) is 0 Å². The van der Waals surface area contributed by atoms with E-state index in [2.05, 4.69) is 22.1 Å². The normalized spacial score (nSPS) is 36.8. The van der Waals surface area contributed by atoms with Crippen LogP contribution in [0.15, 0.2) is 60.8 Å². The minimum Gasteiger partial charge on any atom is -0.458 e. The molecular formula is C59H87N6O13P. The largest absolute Gasteiger partial charge is 0.458 e. The van der Waals surface area contributed by atoms with E-state index in [1.54, 1.807) is 68.8 Å². The monoisotopic (exact) mass is 1120 g/mol. The molecule has 0 radical (unpaired) electrons. The van der Waals surface area contributed by atoms with Gasteiger partial charge in [-0.25, -0.2) is 9.59 Å². The molecule has 0 spiro atoms. The number of aryl methyl sites for hydroxylation is 1. The fourth-order valence-corrected chi connectivity index (χ4v) is 13.3. The minimum atomic E-state index is -1.45. The molecule has 5 heterocycles. The number of hydrogen-bond acceptors (Lipinski definition) is 17. The first-order valence-electron chi connectivity index (χ1n) is 28.2. The van der Waals surface area contributed by atoms with Crippen LogP contribution in [0.4, 0.5) is 4.79 Å². The first kappa shape index (κ1) is 61.9. The van der Waals surface area contributed by atoms with Gasteiger partial charge in [0.2, 0.25) is 0 Å². The summed E-state index contributed by atoms with van der Waals surface area (Å²) in [6.07, 6.45) is -2.47. The fraction of sp³-hybridized carbons (Fsp3) is 0.695. The van der Waals surface area contributed by atoms with Gasteiger partial charge in [0.25, 0.3) is 0 Å². The van der Waals surface area contributed by atoms with Crippen LogP contribution in [0.25, 0.3) is 11.3 Å². The van der Waals surface area contributed by atoms with Gasteiger partial charge in [-0.3, -0.25) is 19.4 Å². The number of amides is 1. The number of aromatic nitrogens is 3. The number of carbonyl (C=O) groups excluding carboxylic acids is 4. The Kier molecular flexibility index (Phi) is 20.4. The lowest BCUT2D eigenvalue weighted by Crippen LogP contribution is -2.61. The Morgan fingerprint density at radius 3 is 2.19 bits per heavy atom. The van der Waals surface area contributed by atoms with Crippen LogP contribution in [-0.4, -0.2) is 162 Å². The van der Waals surface area contributed by atoms with Gasteiger partial charge in [-0.2, -0.15) is 0 Å². The van der Waals surface area contributed by atoms with Crippen molar-refractivity contribution in [1.82, 2.24) is 24.8 Å². The minimum absolute atomic E-state index is 0.103. The molecule has 7 rings (SSSR count). The summed E-state index contributed by atoms with van der Waals surface area (Å²) in [5.74, 6) is -4.44. The topological polar surface area (TPSA) is 212 Å². The molecule has 0 saturated carbocycles. The predicted molar refractivity (Wildman–Crippen MR) is 297 cm³/mol. The average Bonchev–Trinajstić information content (AvgIpc) is 4.17. The molecule has 4 aliphatic rings. The Hall–Kier alpha value is -4.72. The second-order valence-corrected chi connectivity index (χ2v) is 24.2. The summed E-state index contributed by atoms with van der Waals surface area (Å²) in [5, 5.41) is 17.3. The molecule has 0 unspecified atom stereocenters. The van der Waals surface area contributed by atoms with E-state index in [4.69, 9.17) is 47.8 Å². The van der Waals surface area contributed by atoms with E-state index in [9.17, 15) is 9.59 Å². The third kappa shape index (κ3) is 13.5. The summed E-state index contributed by atoms with van der Waals surface area (Å²) in [6, 6.07) is 15.7. The van der Waals surface area contributed by atoms with E-state index >= 15 is 9.59 Å². The zero-order valence-corrected chi connectivity index (χ0v) is 50.0. The van der Waals surface area contributed by atoms with Crippen molar-refractivity contribution >= 4 is 37.5 Å². The molecule has 19 nitrogen and oxygen atoms in total. The molecule has 1 aromatic heterocycles. The maximum absolute atomic E-state index is 15.3. The van der Waals surface area contributed by atoms with Crippen molar-refractivity contribution < 1.29 is 61.8 Å². The van der Waals surface area contributed by atoms with Crippen molar-refractivity contribution in [3.05, 3.63) is 66.4 Å². The molecule has 0 bridgehead atoms. The van der Waals surface area contributed by atoms with E-state index in [1.807, 2.05) is 99.1 Å². The van der Waals surface area contributed by atoms with Gasteiger partial charge in [-0.05, 0) is 112 Å². The maximum Gasteiger partial charge on any atom is 0.410 e. The third-order valence-corrected chi connectivity index (χ3v) is 18.1. The molecule has 79 heavy (non-hydrogen) atoms. The first-order valence-corrected chi connectivity index (χ1v) is 29.1. The molecule has 4 aliphatic heterocycles. The number of Topliss-reactive ketones (excluding diaryl/α,β-unsaturated/α-hetero) is 1. The SMILES string of the molecule is CC[C@H]1OC(=O)[C@H](C)[C@@H](O[C@@H]2C[C@@](C)(OC)[C@H](OC(=O)c3ccccc3)[C@H](C)O2)[C@H](C)[C@@H](O[C@@H]2O[C@H](C)C[C@H](N(C)C)[C@@H]2C)[C@@](C)(OC)C[C@@H](C)C(=O)[C@H](C)[C@@H]2N(CCCCn3cc(-c4cccc(P=N)c4)nn3)C(=O)O[C@@]21C. The van der Waals surface area contributed by atoms with Crippen molar-refractivity contribution in [3.63, 3.8) is 0 Å². The number of unbranched alkanes of at least 4 members (excludes halogenated alkanes) is 1. The van der Waals surface area contributed by atoms with Gasteiger partial charge >= 0.3 is 18.0 Å². The summed E-state index contributed by atoms with van der Waals surface area (Å²) >= 11 is 0. The standard InChI is InChI=1S/C59H87N6O13P/c1-16-46-59(11)50(65(56(69)78-59)28-21-20-27-64-33-44(61-62-64)42-25-22-26-43(30-42)79-60)37(5)48(66)34(2)31-57(9,70-14)51(77-55-36(4)45(63(12)13)29-35(3)72-55)38(6)49(39(7)53(67)74-46)75-47-32-58(10,71-15)52(40(8)73-47)76-54(68)41-23-18-17-19-24-41/h17-19,22-26,30,33-40,45-47,49-52,55,60H,16,20-21,27-29,31-32H2,1-15H3/t34-,35-,36+,37+,38+,39-,40+,45+,46-,47-,49+,50+,51-,52-,55+,57+,58-,59-/m1/s1.